The van der Waals surface area contributed by atoms with Gasteiger partial charge in [0.2, 0.25) is 0 Å². The SMILES string of the molecule is O=C([ClH+])[C@@H]1C[C@H]1c1ccccc1. The first-order valence-corrected chi connectivity index (χ1v) is 4.45. The minimum absolute atomic E-state index is 0.0798. The third-order valence-electron chi connectivity index (χ3n) is 2.32. The molecule has 1 aromatic rings. The number of carbonyl (C=O) groups is 1. The molecule has 1 saturated carbocycles. The van der Waals surface area contributed by atoms with Gasteiger partial charge < -0.3 is 0 Å². The summed E-state index contributed by atoms with van der Waals surface area (Å²) < 4.78 is 0. The Labute approximate surface area is 76.4 Å². The van der Waals surface area contributed by atoms with Crippen molar-refractivity contribution in [3.05, 3.63) is 35.9 Å². The fourth-order valence-electron chi connectivity index (χ4n) is 1.52. The molecule has 1 nitrogen and oxygen atoms in total. The number of hydrogen-bond acceptors (Lipinski definition) is 1. The molecule has 0 spiro atoms. The van der Waals surface area contributed by atoms with Crippen LogP contribution in [0.4, 0.5) is 0 Å². The van der Waals surface area contributed by atoms with Gasteiger partial charge in [0.1, 0.15) is 0 Å². The second-order valence-corrected chi connectivity index (χ2v) is 3.58. The van der Waals surface area contributed by atoms with Gasteiger partial charge in [-0.2, -0.15) is 0 Å². The Morgan fingerprint density at radius 3 is 2.50 bits per heavy atom. The second kappa shape index (κ2) is 2.91. The predicted molar refractivity (Wildman–Crippen MR) is 43.7 cm³/mol. The van der Waals surface area contributed by atoms with E-state index in [-0.39, 0.29) is 11.2 Å². The highest BCUT2D eigenvalue weighted by Gasteiger charge is 2.47. The lowest BCUT2D eigenvalue weighted by Crippen LogP contribution is -1.95. The molecule has 0 unspecified atom stereocenters. The predicted octanol–water partition coefficient (Wildman–Crippen LogP) is 1.60. The Bertz CT molecular complexity index is 294. The number of rotatable bonds is 2. The van der Waals surface area contributed by atoms with Gasteiger partial charge in [-0.05, 0) is 12.0 Å². The molecule has 0 N–H and O–H groups in total. The van der Waals surface area contributed by atoms with E-state index in [0.29, 0.717) is 5.92 Å². The summed E-state index contributed by atoms with van der Waals surface area (Å²) in [6.07, 6.45) is 0.951. The highest BCUT2D eigenvalue weighted by Crippen LogP contribution is 2.47. The van der Waals surface area contributed by atoms with Crippen molar-refractivity contribution < 1.29 is 16.4 Å². The van der Waals surface area contributed by atoms with Crippen LogP contribution in [0.2, 0.25) is 0 Å². The average Bonchev–Trinajstić information content (AvgIpc) is 2.84. The van der Waals surface area contributed by atoms with Crippen molar-refractivity contribution in [2.45, 2.75) is 12.3 Å². The van der Waals surface area contributed by atoms with E-state index < -0.39 is 0 Å². The molecule has 12 heavy (non-hydrogen) atoms. The Morgan fingerprint density at radius 2 is 2.00 bits per heavy atom. The minimum atomic E-state index is -0.0798. The van der Waals surface area contributed by atoms with Gasteiger partial charge in [0.05, 0.1) is 5.92 Å². The normalized spacial score (nSPS) is 26.8. The van der Waals surface area contributed by atoms with Crippen LogP contribution in [-0.2, 0) is 4.79 Å². The lowest BCUT2D eigenvalue weighted by molar-refractivity contribution is -0.308. The number of hydrogen-bond donors (Lipinski definition) is 0. The van der Waals surface area contributed by atoms with Gasteiger partial charge in [-0.25, -0.2) is 4.79 Å². The van der Waals surface area contributed by atoms with Crippen LogP contribution < -0.4 is 0 Å². The zero-order valence-corrected chi connectivity index (χ0v) is 7.38. The first-order chi connectivity index (χ1) is 5.79. The lowest BCUT2D eigenvalue weighted by Gasteiger charge is -1.93. The summed E-state index contributed by atoms with van der Waals surface area (Å²) in [7, 11) is 0. The van der Waals surface area contributed by atoms with E-state index in [9.17, 15) is 4.79 Å². The van der Waals surface area contributed by atoms with E-state index in [1.807, 2.05) is 18.2 Å². The monoisotopic (exact) mass is 181 g/mol. The molecule has 1 fully saturated rings. The van der Waals surface area contributed by atoms with Crippen LogP contribution in [0.5, 0.6) is 0 Å². The fraction of sp³-hybridized carbons (Fsp3) is 0.300. The molecule has 0 saturated heterocycles. The maximum atomic E-state index is 10.8. The third kappa shape index (κ3) is 1.37. The summed E-state index contributed by atoms with van der Waals surface area (Å²) in [6.45, 7) is 0. The highest BCUT2D eigenvalue weighted by atomic mass is 35.5. The molecule has 1 aromatic carbocycles. The van der Waals surface area contributed by atoms with E-state index in [4.69, 9.17) is 0 Å². The van der Waals surface area contributed by atoms with Gasteiger partial charge in [0.25, 0.3) is 0 Å². The van der Waals surface area contributed by atoms with Crippen molar-refractivity contribution in [2.75, 3.05) is 0 Å². The van der Waals surface area contributed by atoms with Gasteiger partial charge in [0, 0.05) is 5.92 Å². The molecule has 0 aliphatic heterocycles. The molecule has 2 rings (SSSR count). The molecular weight excluding hydrogens is 172 g/mol. The minimum Gasteiger partial charge on any atom is -0.225 e. The van der Waals surface area contributed by atoms with E-state index in [1.54, 1.807) is 0 Å². The average molecular weight is 182 g/mol. The van der Waals surface area contributed by atoms with Crippen molar-refractivity contribution in [3.63, 3.8) is 0 Å². The van der Waals surface area contributed by atoms with Crippen molar-refractivity contribution in [2.24, 2.45) is 5.92 Å². The van der Waals surface area contributed by atoms with Crippen LogP contribution in [0.1, 0.15) is 17.9 Å². The number of carbonyl (C=O) groups excluding carboxylic acids is 1. The van der Waals surface area contributed by atoms with Gasteiger partial charge in [-0.15, -0.1) is 0 Å². The Morgan fingerprint density at radius 1 is 1.33 bits per heavy atom. The Kier molecular flexibility index (Phi) is 1.89. The summed E-state index contributed by atoms with van der Waals surface area (Å²) in [5.74, 6) is 0.540. The maximum Gasteiger partial charge on any atom is 0.402 e. The topological polar surface area (TPSA) is 17.1 Å². The highest BCUT2D eigenvalue weighted by molar-refractivity contribution is 5.73. The molecule has 0 radical (unpaired) electrons. The molecule has 0 heterocycles. The summed E-state index contributed by atoms with van der Waals surface area (Å²) >= 11 is 4.60. The second-order valence-electron chi connectivity index (χ2n) is 3.18. The standard InChI is InChI=1S/C10H10ClO/c11-10(12)9-6-8(9)7-4-2-1-3-5-7/h1-5,8-9,11H,6H2/q+1/t8-,9+/m0/s1. The number of halogens is 1. The first-order valence-electron chi connectivity index (χ1n) is 4.05. The van der Waals surface area contributed by atoms with Crippen LogP contribution in [0.15, 0.2) is 30.3 Å². The van der Waals surface area contributed by atoms with Gasteiger partial charge in [0.15, 0.2) is 11.6 Å². The summed E-state index contributed by atoms with van der Waals surface area (Å²) in [5, 5.41) is -0.0798. The molecule has 0 amide bonds. The zero-order valence-electron chi connectivity index (χ0n) is 6.57. The Balaban J connectivity index is 2.11. The van der Waals surface area contributed by atoms with Crippen molar-refractivity contribution >= 4 is 5.24 Å². The van der Waals surface area contributed by atoms with Crippen molar-refractivity contribution in [1.82, 2.24) is 0 Å². The lowest BCUT2D eigenvalue weighted by atomic mass is 10.1. The maximum absolute atomic E-state index is 10.8. The van der Waals surface area contributed by atoms with E-state index in [0.717, 1.165) is 6.42 Å². The van der Waals surface area contributed by atoms with Crippen molar-refractivity contribution in [3.8, 4) is 0 Å². The molecule has 2 atom stereocenters. The van der Waals surface area contributed by atoms with Crippen LogP contribution in [0.25, 0.3) is 0 Å². The Hall–Kier alpha value is -0.820. The quantitative estimate of drug-likeness (QED) is 0.634. The van der Waals surface area contributed by atoms with Gasteiger partial charge >= 0.3 is 5.24 Å². The summed E-state index contributed by atoms with van der Waals surface area (Å²) in [5.41, 5.74) is 1.25. The van der Waals surface area contributed by atoms with Crippen LogP contribution in [0, 0.1) is 17.5 Å². The molecule has 62 valence electrons. The van der Waals surface area contributed by atoms with Crippen LogP contribution in [0.3, 0.4) is 0 Å². The molecule has 0 bridgehead atoms. The molecular formula is C10H10ClO+. The summed E-state index contributed by atoms with van der Waals surface area (Å²) in [6, 6.07) is 10.1. The van der Waals surface area contributed by atoms with E-state index >= 15 is 0 Å². The summed E-state index contributed by atoms with van der Waals surface area (Å²) in [4.78, 5) is 10.8. The number of benzene rings is 1. The van der Waals surface area contributed by atoms with Crippen LogP contribution in [-0.4, -0.2) is 5.24 Å². The third-order valence-corrected chi connectivity index (χ3v) is 2.62. The van der Waals surface area contributed by atoms with Gasteiger partial charge in [-0.1, -0.05) is 30.3 Å². The van der Waals surface area contributed by atoms with E-state index in [1.165, 1.54) is 5.56 Å². The van der Waals surface area contributed by atoms with Crippen molar-refractivity contribution in [1.29, 1.82) is 0 Å². The largest absolute Gasteiger partial charge is 0.402 e. The smallest absolute Gasteiger partial charge is 0.225 e. The molecule has 1 aliphatic carbocycles. The molecule has 0 aromatic heterocycles. The van der Waals surface area contributed by atoms with E-state index in [2.05, 4.69) is 23.7 Å². The van der Waals surface area contributed by atoms with Crippen LogP contribution >= 0.6 is 0 Å². The fourth-order valence-corrected chi connectivity index (χ4v) is 1.78. The zero-order chi connectivity index (χ0) is 8.55. The molecule has 1 aliphatic rings. The van der Waals surface area contributed by atoms with Gasteiger partial charge in [-0.3, -0.25) is 0 Å². The first kappa shape index (κ1) is 7.81. The molecule has 2 heteroatoms.